The molecule has 0 saturated carbocycles. The number of likely N-dealkylation sites (tertiary alicyclic amines) is 2. The van der Waals surface area contributed by atoms with Crippen LogP contribution in [0, 0.1) is 0 Å². The average molecular weight is 339 g/mol. The number of aromatic nitrogens is 1. The lowest BCUT2D eigenvalue weighted by Crippen LogP contribution is -2.48. The lowest BCUT2D eigenvalue weighted by Gasteiger charge is -2.34. The third-order valence-corrected chi connectivity index (χ3v) is 6.17. The second-order valence-corrected chi connectivity index (χ2v) is 7.49. The minimum Gasteiger partial charge on any atom is -0.361 e. The van der Waals surface area contributed by atoms with Crippen molar-refractivity contribution in [2.45, 2.75) is 57.5 Å². The number of H-pyrrole nitrogens is 1. The van der Waals surface area contributed by atoms with Crippen LogP contribution in [0.25, 0.3) is 10.9 Å². The molecule has 1 N–H and O–H groups in total. The van der Waals surface area contributed by atoms with Crippen LogP contribution in [-0.4, -0.2) is 52.4 Å². The molecule has 1 aromatic heterocycles. The third kappa shape index (κ3) is 3.20. The Kier molecular flexibility index (Phi) is 4.80. The Bertz CT molecular complexity index is 738. The molecule has 1 amide bonds. The van der Waals surface area contributed by atoms with E-state index in [9.17, 15) is 4.79 Å². The molecule has 0 radical (unpaired) electrons. The zero-order chi connectivity index (χ0) is 17.2. The van der Waals surface area contributed by atoms with Crippen molar-refractivity contribution >= 4 is 16.8 Å². The molecule has 1 aromatic carbocycles. The van der Waals surface area contributed by atoms with Crippen LogP contribution < -0.4 is 0 Å². The molecule has 2 aromatic rings. The summed E-state index contributed by atoms with van der Waals surface area (Å²) in [6, 6.07) is 9.38. The molecule has 2 aliphatic rings. The summed E-state index contributed by atoms with van der Waals surface area (Å²) in [5.41, 5.74) is 2.42. The molecule has 4 rings (SSSR count). The van der Waals surface area contributed by atoms with Crippen LogP contribution in [0.5, 0.6) is 0 Å². The molecule has 25 heavy (non-hydrogen) atoms. The third-order valence-electron chi connectivity index (χ3n) is 6.17. The fourth-order valence-corrected chi connectivity index (χ4v) is 4.91. The van der Waals surface area contributed by atoms with Crippen molar-refractivity contribution in [2.24, 2.45) is 0 Å². The number of para-hydroxylation sites is 1. The van der Waals surface area contributed by atoms with Gasteiger partial charge in [0.15, 0.2) is 0 Å². The highest BCUT2D eigenvalue weighted by Gasteiger charge is 2.38. The highest BCUT2D eigenvalue weighted by molar-refractivity contribution is 5.84. The van der Waals surface area contributed by atoms with Crippen LogP contribution in [0.1, 0.15) is 44.6 Å². The number of carbonyl (C=O) groups excluding carboxylic acids is 1. The number of hydrogen-bond donors (Lipinski definition) is 1. The van der Waals surface area contributed by atoms with Crippen LogP contribution in [0.3, 0.4) is 0 Å². The molecule has 4 heteroatoms. The first kappa shape index (κ1) is 16.6. The summed E-state index contributed by atoms with van der Waals surface area (Å²) in [6.07, 6.45) is 8.40. The number of fused-ring (bicyclic) bond motifs is 1. The van der Waals surface area contributed by atoms with E-state index in [0.29, 0.717) is 24.4 Å². The molecule has 0 unspecified atom stereocenters. The fraction of sp³-hybridized carbons (Fsp3) is 0.571. The molecule has 0 bridgehead atoms. The van der Waals surface area contributed by atoms with Gasteiger partial charge in [-0.1, -0.05) is 25.1 Å². The van der Waals surface area contributed by atoms with E-state index in [0.717, 1.165) is 31.4 Å². The van der Waals surface area contributed by atoms with Crippen LogP contribution in [0.4, 0.5) is 0 Å². The van der Waals surface area contributed by atoms with Crippen molar-refractivity contribution < 1.29 is 4.79 Å². The predicted molar refractivity (Wildman–Crippen MR) is 102 cm³/mol. The molecule has 0 spiro atoms. The molecule has 134 valence electrons. The Hall–Kier alpha value is -1.81. The van der Waals surface area contributed by atoms with Gasteiger partial charge in [0, 0.05) is 42.1 Å². The topological polar surface area (TPSA) is 39.3 Å². The maximum atomic E-state index is 12.9. The smallest absolute Gasteiger partial charge is 0.223 e. The van der Waals surface area contributed by atoms with Crippen molar-refractivity contribution in [1.82, 2.24) is 14.8 Å². The van der Waals surface area contributed by atoms with Gasteiger partial charge < -0.3 is 9.88 Å². The van der Waals surface area contributed by atoms with Gasteiger partial charge in [-0.3, -0.25) is 9.69 Å². The second kappa shape index (κ2) is 7.20. The van der Waals surface area contributed by atoms with E-state index in [1.807, 2.05) is 6.07 Å². The number of aryl methyl sites for hydroxylation is 1. The molecule has 2 saturated heterocycles. The molecule has 4 nitrogen and oxygen atoms in total. The number of likely N-dealkylation sites (N-methyl/N-ethyl adjacent to an activating group) is 1. The summed E-state index contributed by atoms with van der Waals surface area (Å²) in [5, 5.41) is 1.25. The van der Waals surface area contributed by atoms with Crippen molar-refractivity contribution in [3.63, 3.8) is 0 Å². The summed E-state index contributed by atoms with van der Waals surface area (Å²) >= 11 is 0. The van der Waals surface area contributed by atoms with Crippen molar-refractivity contribution in [1.29, 1.82) is 0 Å². The monoisotopic (exact) mass is 339 g/mol. The molecule has 2 aliphatic heterocycles. The van der Waals surface area contributed by atoms with E-state index in [1.54, 1.807) is 0 Å². The molecule has 2 fully saturated rings. The minimum atomic E-state index is 0.343. The maximum absolute atomic E-state index is 12.9. The number of amides is 1. The Labute approximate surface area is 150 Å². The molecule has 2 atom stereocenters. The number of carbonyl (C=O) groups is 1. The Balaban J connectivity index is 1.42. The number of benzene rings is 1. The fourth-order valence-electron chi connectivity index (χ4n) is 4.91. The zero-order valence-corrected chi connectivity index (χ0v) is 15.2. The Morgan fingerprint density at radius 2 is 1.96 bits per heavy atom. The van der Waals surface area contributed by atoms with Gasteiger partial charge in [-0.25, -0.2) is 0 Å². The van der Waals surface area contributed by atoms with Crippen molar-refractivity contribution in [3.05, 3.63) is 36.0 Å². The summed E-state index contributed by atoms with van der Waals surface area (Å²) in [6.45, 7) is 5.51. The van der Waals surface area contributed by atoms with Gasteiger partial charge in [0.05, 0.1) is 0 Å². The predicted octanol–water partition coefficient (Wildman–Crippen LogP) is 3.58. The van der Waals surface area contributed by atoms with E-state index < -0.39 is 0 Å². The number of rotatable bonds is 5. The van der Waals surface area contributed by atoms with Gasteiger partial charge in [-0.15, -0.1) is 0 Å². The standard InChI is InChI=1S/C21H29N3O/c1-2-23-13-5-9-19(23)20-10-6-14-24(20)21(25)12-11-16-15-22-18-8-4-3-7-17(16)18/h3-4,7-8,15,19-20,22H,2,5-6,9-14H2,1H3/t19-,20-/m0/s1. The first-order chi connectivity index (χ1) is 12.3. The van der Waals surface area contributed by atoms with Crippen LogP contribution in [-0.2, 0) is 11.2 Å². The highest BCUT2D eigenvalue weighted by Crippen LogP contribution is 2.30. The quantitative estimate of drug-likeness (QED) is 0.904. The number of nitrogens with one attached hydrogen (secondary N) is 1. The van der Waals surface area contributed by atoms with E-state index in [4.69, 9.17) is 0 Å². The first-order valence-electron chi connectivity index (χ1n) is 9.86. The van der Waals surface area contributed by atoms with Crippen LogP contribution in [0.2, 0.25) is 0 Å². The van der Waals surface area contributed by atoms with Gasteiger partial charge in [0.25, 0.3) is 0 Å². The largest absolute Gasteiger partial charge is 0.361 e. The van der Waals surface area contributed by atoms with Crippen LogP contribution >= 0.6 is 0 Å². The number of aromatic amines is 1. The van der Waals surface area contributed by atoms with Gasteiger partial charge >= 0.3 is 0 Å². The first-order valence-corrected chi connectivity index (χ1v) is 9.86. The van der Waals surface area contributed by atoms with E-state index in [2.05, 4.69) is 46.1 Å². The number of nitrogens with zero attached hydrogens (tertiary/aromatic N) is 2. The van der Waals surface area contributed by atoms with Crippen molar-refractivity contribution in [2.75, 3.05) is 19.6 Å². The highest BCUT2D eigenvalue weighted by atomic mass is 16.2. The van der Waals surface area contributed by atoms with Crippen LogP contribution in [0.15, 0.2) is 30.5 Å². The summed E-state index contributed by atoms with van der Waals surface area (Å²) in [7, 11) is 0. The lowest BCUT2D eigenvalue weighted by molar-refractivity contribution is -0.133. The SMILES string of the molecule is CCN1CCC[C@H]1[C@@H]1CCCN1C(=O)CCc1c[nH]c2ccccc12. The van der Waals surface area contributed by atoms with Crippen molar-refractivity contribution in [3.8, 4) is 0 Å². The minimum absolute atomic E-state index is 0.343. The summed E-state index contributed by atoms with van der Waals surface area (Å²) in [4.78, 5) is 21.0. The second-order valence-electron chi connectivity index (χ2n) is 7.49. The molecule has 0 aliphatic carbocycles. The van der Waals surface area contributed by atoms with Gasteiger partial charge in [0.1, 0.15) is 0 Å². The van der Waals surface area contributed by atoms with E-state index in [-0.39, 0.29) is 0 Å². The van der Waals surface area contributed by atoms with E-state index in [1.165, 1.54) is 36.8 Å². The number of hydrogen-bond acceptors (Lipinski definition) is 2. The molecular formula is C21H29N3O. The van der Waals surface area contributed by atoms with Gasteiger partial charge in [-0.05, 0) is 56.8 Å². The summed E-state index contributed by atoms with van der Waals surface area (Å²) < 4.78 is 0. The van der Waals surface area contributed by atoms with E-state index >= 15 is 0 Å². The average Bonchev–Trinajstić information content (AvgIpc) is 3.37. The normalized spacial score (nSPS) is 24.4. The Morgan fingerprint density at radius 3 is 2.84 bits per heavy atom. The van der Waals surface area contributed by atoms with Gasteiger partial charge in [-0.2, -0.15) is 0 Å². The van der Waals surface area contributed by atoms with Gasteiger partial charge in [0.2, 0.25) is 5.91 Å². The molecule has 3 heterocycles. The zero-order valence-electron chi connectivity index (χ0n) is 15.2. The lowest BCUT2D eigenvalue weighted by atomic mass is 10.0. The maximum Gasteiger partial charge on any atom is 0.223 e. The summed E-state index contributed by atoms with van der Waals surface area (Å²) in [5.74, 6) is 0.343. The Morgan fingerprint density at radius 1 is 1.16 bits per heavy atom. The molecular weight excluding hydrogens is 310 g/mol.